The van der Waals surface area contributed by atoms with Crippen LogP contribution >= 0.6 is 0 Å². The van der Waals surface area contributed by atoms with Crippen molar-refractivity contribution in [2.45, 2.75) is 251 Å². The summed E-state index contributed by atoms with van der Waals surface area (Å²) in [6.07, 6.45) is 17.2. The van der Waals surface area contributed by atoms with E-state index in [9.17, 15) is 47.9 Å². The van der Waals surface area contributed by atoms with E-state index in [1.54, 1.807) is 53.7 Å². The molecule has 11 rings (SSSR count). The number of rotatable bonds is 18. The first kappa shape index (κ1) is 93.7. The number of nitrogens with one attached hydrogen (secondary N) is 1. The van der Waals surface area contributed by atoms with Crippen LogP contribution in [0.25, 0.3) is 11.1 Å². The number of aliphatic hydroxyl groups is 1. The normalized spacial score (nSPS) is 19.3. The molecule has 6 aromatic carbocycles. The molecule has 0 aromatic heterocycles. The summed E-state index contributed by atoms with van der Waals surface area (Å²) in [7, 11) is 0. The Morgan fingerprint density at radius 3 is 1.24 bits per heavy atom. The summed E-state index contributed by atoms with van der Waals surface area (Å²) in [6.45, 7) is 16.8. The second-order valence-electron chi connectivity index (χ2n) is 29.4. The lowest BCUT2D eigenvalue weighted by molar-refractivity contribution is -0.123. The Hall–Kier alpha value is -8.54. The van der Waals surface area contributed by atoms with Crippen molar-refractivity contribution in [3.8, 4) is 11.1 Å². The molecule has 5 aliphatic rings. The molecular formula is C88H125N9O11. The number of ketones is 9. The maximum Gasteiger partial charge on any atom is 0.220 e. The maximum atomic E-state index is 11.6. The van der Waals surface area contributed by atoms with Gasteiger partial charge in [0.15, 0.2) is 11.6 Å². The summed E-state index contributed by atoms with van der Waals surface area (Å²) < 4.78 is 0. The number of fused-ring (bicyclic) bond motifs is 1. The van der Waals surface area contributed by atoms with Crippen LogP contribution in [-0.2, 0) is 69.0 Å². The van der Waals surface area contributed by atoms with Gasteiger partial charge in [-0.1, -0.05) is 196 Å². The number of amides is 1. The molecule has 4 aliphatic carbocycles. The lowest BCUT2D eigenvalue weighted by atomic mass is 9.76. The van der Waals surface area contributed by atoms with Crippen molar-refractivity contribution in [3.63, 3.8) is 0 Å². The fraction of sp³-hybridized carbons (Fsp3) is 0.477. The first-order valence-electron chi connectivity index (χ1n) is 38.0. The van der Waals surface area contributed by atoms with Crippen LogP contribution < -0.4 is 51.2 Å². The van der Waals surface area contributed by atoms with E-state index in [4.69, 9.17) is 51.0 Å². The lowest BCUT2D eigenvalue weighted by Gasteiger charge is -2.32. The van der Waals surface area contributed by atoms with Crippen molar-refractivity contribution < 1.29 is 53.1 Å². The predicted octanol–water partition coefficient (Wildman–Crippen LogP) is 10.9. The molecular weight excluding hydrogens is 1360 g/mol. The quantitative estimate of drug-likeness (QED) is 0.0357. The fourth-order valence-electron chi connectivity index (χ4n) is 12.9. The van der Waals surface area contributed by atoms with Crippen molar-refractivity contribution in [2.24, 2.45) is 57.7 Å². The molecule has 6 aromatic rings. The Morgan fingerprint density at radius 2 is 0.889 bits per heavy atom. The Kier molecular flexibility index (Phi) is 41.7. The summed E-state index contributed by atoms with van der Waals surface area (Å²) in [6, 6.07) is 52.0. The number of aryl methyl sites for hydroxylation is 1. The number of hydrogen-bond acceptors (Lipinski definition) is 19. The zero-order valence-electron chi connectivity index (χ0n) is 65.7. The van der Waals surface area contributed by atoms with Crippen LogP contribution in [0.2, 0.25) is 0 Å². The molecule has 0 spiro atoms. The molecule has 588 valence electrons. The van der Waals surface area contributed by atoms with Crippen molar-refractivity contribution in [2.75, 3.05) is 6.54 Å². The molecule has 0 bridgehead atoms. The second-order valence-corrected chi connectivity index (χ2v) is 29.4. The molecule has 3 saturated carbocycles. The summed E-state index contributed by atoms with van der Waals surface area (Å²) in [4.78, 5) is 109. The van der Waals surface area contributed by atoms with Crippen molar-refractivity contribution in [1.82, 2.24) is 5.32 Å². The van der Waals surface area contributed by atoms with Gasteiger partial charge in [-0.2, -0.15) is 0 Å². The van der Waals surface area contributed by atoms with E-state index in [1.165, 1.54) is 56.4 Å². The van der Waals surface area contributed by atoms with Crippen molar-refractivity contribution in [3.05, 3.63) is 203 Å². The Bertz CT molecular complexity index is 3720. The minimum atomic E-state index is -0.729. The summed E-state index contributed by atoms with van der Waals surface area (Å²) >= 11 is 0. The lowest BCUT2D eigenvalue weighted by Crippen LogP contribution is -2.51. The SMILES string of the molecule is CC(=O)C1(N)CCCC1.CC(=O)C1(N)CCCCC1.CC(=O)C1(N)CCc2ccccc2C1.CC(=O)C1CCC(CN)CC1.CC(=O)[C@@H](N)C(c1ccccc1)c1ccccc1.CC(=O)[C@@H](N)Cc1ccc(-c2ccccc2)cc1.CC(=O)[C@@H](N)[C@H](C)O.CC(=O)[C@H]1CCC(=O)N1.CC(=O)c1ccc(CN)cc1. The first-order chi connectivity index (χ1) is 51.0. The third kappa shape index (κ3) is 33.1. The Labute approximate surface area is 641 Å². The average molecular weight is 1490 g/mol. The highest BCUT2D eigenvalue weighted by atomic mass is 16.3. The maximum absolute atomic E-state index is 11.6. The molecule has 0 radical (unpaired) electrons. The standard InChI is InChI=1S/2C16H17NO.C12H15NO.C9H17NO.C9H11NO.C8H15NO.C7H13NO.C6H9NO2.C5H11NO2/c1-12(18)16(17)15(13-8-4-2-5-9-13)14-10-6-3-7-11-14;1-12(18)16(17)11-13-7-9-15(10-8-13)14-5-3-2-4-6-14;1-9(14)12(13)7-6-10-4-2-3-5-11(10)8-12;2*1-7(11)9-4-2-8(6-10)3-5-9;1-7(10)8(9)5-3-2-4-6-8;1-6(9)7(8)4-2-3-5-7;1-4(8)5-2-3-6(9)7-5;1-3(7)5(6)4(2)8/h2-11,15-16H,17H2,1H3;2-10,16H,11,17H2,1H3;2-5H,6-8,13H2,1H3;8-9H,2-6,10H2,1H3;2-5H,6,10H2,1H3;2-6,9H2,1H3;2-5,8H2,1H3;5H,2-3H2,1H3,(H,7,9);3,5,7H,6H2,1-2H3/t2*16-;;;;;;5-;3-,5-/m10.....10/s1. The van der Waals surface area contributed by atoms with Crippen LogP contribution in [0.15, 0.2) is 164 Å². The molecule has 1 saturated heterocycles. The highest BCUT2D eigenvalue weighted by Crippen LogP contribution is 2.32. The number of nitrogens with two attached hydrogens (primary N) is 8. The van der Waals surface area contributed by atoms with Gasteiger partial charge in [-0.15, -0.1) is 0 Å². The number of carbonyl (C=O) groups excluding carboxylic acids is 10. The van der Waals surface area contributed by atoms with Crippen molar-refractivity contribution >= 4 is 58.0 Å². The van der Waals surface area contributed by atoms with Crippen LogP contribution in [-0.4, -0.2) is 116 Å². The Balaban J connectivity index is 0.000000320. The summed E-state index contributed by atoms with van der Waals surface area (Å²) in [5, 5.41) is 11.2. The van der Waals surface area contributed by atoms with Crippen molar-refractivity contribution in [1.29, 1.82) is 0 Å². The van der Waals surface area contributed by atoms with Gasteiger partial charge in [0, 0.05) is 30.4 Å². The second kappa shape index (κ2) is 48.1. The molecule has 1 heterocycles. The van der Waals surface area contributed by atoms with E-state index in [1.807, 2.05) is 115 Å². The number of carbonyl (C=O) groups is 10. The van der Waals surface area contributed by atoms with Gasteiger partial charge in [-0.05, 0) is 210 Å². The Morgan fingerprint density at radius 1 is 0.463 bits per heavy atom. The van der Waals surface area contributed by atoms with E-state index >= 15 is 0 Å². The van der Waals surface area contributed by atoms with Gasteiger partial charge < -0.3 is 56.3 Å². The third-order valence-electron chi connectivity index (χ3n) is 20.8. The molecule has 1 amide bonds. The predicted molar refractivity (Wildman–Crippen MR) is 432 cm³/mol. The molecule has 6 atom stereocenters. The first-order valence-corrected chi connectivity index (χ1v) is 38.0. The van der Waals surface area contributed by atoms with Crippen LogP contribution in [0, 0.1) is 11.8 Å². The third-order valence-corrected chi connectivity index (χ3v) is 20.8. The molecule has 20 nitrogen and oxygen atoms in total. The summed E-state index contributed by atoms with van der Waals surface area (Å²) in [5.41, 5.74) is 54.0. The smallest absolute Gasteiger partial charge is 0.220 e. The average Bonchev–Trinajstić information content (AvgIpc) is 1.06. The van der Waals surface area contributed by atoms with E-state index in [0.29, 0.717) is 49.8 Å². The minimum Gasteiger partial charge on any atom is -0.391 e. The molecule has 1 aliphatic heterocycles. The van der Waals surface area contributed by atoms with Gasteiger partial charge in [-0.3, -0.25) is 47.9 Å². The number of hydrogen-bond donors (Lipinski definition) is 10. The highest BCUT2D eigenvalue weighted by Gasteiger charge is 2.36. The van der Waals surface area contributed by atoms with Crippen LogP contribution in [0.3, 0.4) is 0 Å². The topological polar surface area (TPSA) is 411 Å². The van der Waals surface area contributed by atoms with E-state index < -0.39 is 40.8 Å². The van der Waals surface area contributed by atoms with E-state index in [2.05, 4.69) is 41.7 Å². The zero-order valence-corrected chi connectivity index (χ0v) is 65.7. The van der Waals surface area contributed by atoms with Crippen LogP contribution in [0.5, 0.6) is 0 Å². The molecule has 20 heteroatoms. The molecule has 18 N–H and O–H groups in total. The number of benzene rings is 6. The monoisotopic (exact) mass is 1480 g/mol. The minimum absolute atomic E-state index is 0.00444. The van der Waals surface area contributed by atoms with Gasteiger partial charge in [0.2, 0.25) is 5.91 Å². The van der Waals surface area contributed by atoms with Gasteiger partial charge in [0.25, 0.3) is 0 Å². The van der Waals surface area contributed by atoms with Gasteiger partial charge in [0.05, 0.1) is 46.9 Å². The molecule has 108 heavy (non-hydrogen) atoms. The summed E-state index contributed by atoms with van der Waals surface area (Å²) in [5.74, 6) is 1.73. The fourth-order valence-corrected chi connectivity index (χ4v) is 12.9. The number of aliphatic hydroxyl groups excluding tert-OH is 1. The number of Topliss-reactive ketones (excluding diaryl/α,β-unsaturated/α-hetero) is 9. The van der Waals surface area contributed by atoms with Gasteiger partial charge >= 0.3 is 0 Å². The highest BCUT2D eigenvalue weighted by molar-refractivity contribution is 5.94. The van der Waals surface area contributed by atoms with Crippen LogP contribution in [0.4, 0.5) is 0 Å². The van der Waals surface area contributed by atoms with E-state index in [-0.39, 0.29) is 64.1 Å². The van der Waals surface area contributed by atoms with Gasteiger partial charge in [-0.25, -0.2) is 0 Å². The van der Waals surface area contributed by atoms with Gasteiger partial charge in [0.1, 0.15) is 40.5 Å². The largest absolute Gasteiger partial charge is 0.391 e. The van der Waals surface area contributed by atoms with E-state index in [0.717, 1.165) is 124 Å². The molecule has 4 fully saturated rings. The molecule has 1 unspecified atom stereocenters. The van der Waals surface area contributed by atoms with Crippen LogP contribution in [0.1, 0.15) is 222 Å². The zero-order chi connectivity index (χ0) is 80.7.